The van der Waals surface area contributed by atoms with E-state index < -0.39 is 17.4 Å². The summed E-state index contributed by atoms with van der Waals surface area (Å²) in [6, 6.07) is 9.45. The highest BCUT2D eigenvalue weighted by Gasteiger charge is 2.43. The standard InChI is InChI=1S/C19H19N5O3/c1-12-16(17(25)21-19(18(26)27)8-2-3-9-19)22-23-24(12)14-6-7-15-13(11-14)5-4-10-20-15/h4-7,10-11H,2-3,8-9H2,1H3,(H,21,25)(H,26,27). The number of hydrogen-bond donors (Lipinski definition) is 2. The monoisotopic (exact) mass is 365 g/mol. The summed E-state index contributed by atoms with van der Waals surface area (Å²) in [4.78, 5) is 28.6. The average Bonchev–Trinajstić information content (AvgIpc) is 3.29. The molecule has 1 aromatic carbocycles. The van der Waals surface area contributed by atoms with Gasteiger partial charge in [0.25, 0.3) is 5.91 Å². The highest BCUT2D eigenvalue weighted by Crippen LogP contribution is 2.30. The highest BCUT2D eigenvalue weighted by molar-refractivity contribution is 5.97. The second kappa shape index (κ2) is 6.46. The molecule has 1 aliphatic rings. The Balaban J connectivity index is 1.65. The maximum absolute atomic E-state index is 12.7. The van der Waals surface area contributed by atoms with Gasteiger partial charge in [-0.1, -0.05) is 24.1 Å². The van der Waals surface area contributed by atoms with Crippen LogP contribution in [0.4, 0.5) is 0 Å². The second-order valence-corrected chi connectivity index (χ2v) is 6.86. The number of aliphatic carboxylic acids is 1. The van der Waals surface area contributed by atoms with Gasteiger partial charge in [-0.2, -0.15) is 0 Å². The van der Waals surface area contributed by atoms with Crippen LogP contribution in [0, 0.1) is 6.92 Å². The van der Waals surface area contributed by atoms with Crippen molar-refractivity contribution < 1.29 is 14.7 Å². The van der Waals surface area contributed by atoms with Gasteiger partial charge in [0, 0.05) is 11.6 Å². The first-order valence-electron chi connectivity index (χ1n) is 8.83. The molecule has 0 spiro atoms. The minimum absolute atomic E-state index is 0.133. The Kier molecular flexibility index (Phi) is 4.10. The van der Waals surface area contributed by atoms with E-state index in [1.807, 2.05) is 30.3 Å². The fourth-order valence-electron chi connectivity index (χ4n) is 3.63. The average molecular weight is 365 g/mol. The van der Waals surface area contributed by atoms with E-state index in [-0.39, 0.29) is 5.69 Å². The first-order valence-corrected chi connectivity index (χ1v) is 8.83. The Morgan fingerprint density at radius 1 is 1.22 bits per heavy atom. The van der Waals surface area contributed by atoms with Crippen LogP contribution in [0.3, 0.4) is 0 Å². The molecule has 8 nitrogen and oxygen atoms in total. The number of benzene rings is 1. The molecule has 2 heterocycles. The minimum atomic E-state index is -1.21. The van der Waals surface area contributed by atoms with Crippen molar-refractivity contribution in [2.24, 2.45) is 0 Å². The first-order chi connectivity index (χ1) is 13.0. The fourth-order valence-corrected chi connectivity index (χ4v) is 3.63. The predicted molar refractivity (Wildman–Crippen MR) is 97.7 cm³/mol. The summed E-state index contributed by atoms with van der Waals surface area (Å²) in [7, 11) is 0. The molecule has 0 aliphatic heterocycles. The van der Waals surface area contributed by atoms with E-state index in [1.165, 1.54) is 0 Å². The number of carboxylic acid groups (broad SMARTS) is 1. The Morgan fingerprint density at radius 2 is 2.00 bits per heavy atom. The lowest BCUT2D eigenvalue weighted by atomic mass is 9.97. The fraction of sp³-hybridized carbons (Fsp3) is 0.316. The lowest BCUT2D eigenvalue weighted by Gasteiger charge is -2.24. The number of carboxylic acids is 1. The molecule has 0 atom stereocenters. The molecule has 0 saturated heterocycles. The number of nitrogens with one attached hydrogen (secondary N) is 1. The van der Waals surface area contributed by atoms with Crippen LogP contribution in [0.15, 0.2) is 36.5 Å². The van der Waals surface area contributed by atoms with Crippen molar-refractivity contribution in [1.29, 1.82) is 0 Å². The van der Waals surface area contributed by atoms with Crippen molar-refractivity contribution in [3.05, 3.63) is 47.9 Å². The van der Waals surface area contributed by atoms with Crippen molar-refractivity contribution in [3.8, 4) is 5.69 Å². The topological polar surface area (TPSA) is 110 Å². The number of amides is 1. The molecule has 1 aliphatic carbocycles. The van der Waals surface area contributed by atoms with Crippen LogP contribution in [-0.4, -0.2) is 42.5 Å². The summed E-state index contributed by atoms with van der Waals surface area (Å²) in [5.74, 6) is -1.51. The van der Waals surface area contributed by atoms with Crippen molar-refractivity contribution in [2.45, 2.75) is 38.1 Å². The molecule has 3 aromatic rings. The molecule has 1 amide bonds. The summed E-state index contributed by atoms with van der Waals surface area (Å²) in [5.41, 5.74) is 1.10. The Bertz CT molecular complexity index is 1040. The van der Waals surface area contributed by atoms with Crippen LogP contribution in [0.1, 0.15) is 41.9 Å². The third-order valence-electron chi connectivity index (χ3n) is 5.16. The van der Waals surface area contributed by atoms with Gasteiger partial charge in [-0.15, -0.1) is 5.10 Å². The highest BCUT2D eigenvalue weighted by atomic mass is 16.4. The van der Waals surface area contributed by atoms with E-state index in [1.54, 1.807) is 17.8 Å². The zero-order valence-corrected chi connectivity index (χ0v) is 14.8. The Labute approximate surface area is 155 Å². The number of hydrogen-bond acceptors (Lipinski definition) is 5. The number of carbonyl (C=O) groups is 2. The first kappa shape index (κ1) is 17.1. The van der Waals surface area contributed by atoms with Gasteiger partial charge < -0.3 is 10.4 Å². The van der Waals surface area contributed by atoms with E-state index in [9.17, 15) is 14.7 Å². The zero-order valence-electron chi connectivity index (χ0n) is 14.8. The zero-order chi connectivity index (χ0) is 19.0. The molecule has 0 unspecified atom stereocenters. The third kappa shape index (κ3) is 2.92. The van der Waals surface area contributed by atoms with Gasteiger partial charge in [0.2, 0.25) is 0 Å². The number of rotatable bonds is 4. The van der Waals surface area contributed by atoms with Gasteiger partial charge in [-0.05, 0) is 44.0 Å². The molecular formula is C19H19N5O3. The van der Waals surface area contributed by atoms with Crippen molar-refractivity contribution >= 4 is 22.8 Å². The van der Waals surface area contributed by atoms with Gasteiger partial charge in [0.05, 0.1) is 16.9 Å². The van der Waals surface area contributed by atoms with Crippen LogP contribution >= 0.6 is 0 Å². The van der Waals surface area contributed by atoms with Crippen LogP contribution in [0.2, 0.25) is 0 Å². The molecule has 2 aromatic heterocycles. The maximum Gasteiger partial charge on any atom is 0.329 e. The number of fused-ring (bicyclic) bond motifs is 1. The van der Waals surface area contributed by atoms with Gasteiger partial charge in [0.15, 0.2) is 5.69 Å². The summed E-state index contributed by atoms with van der Waals surface area (Å²) < 4.78 is 1.57. The van der Waals surface area contributed by atoms with Crippen molar-refractivity contribution in [1.82, 2.24) is 25.3 Å². The maximum atomic E-state index is 12.7. The van der Waals surface area contributed by atoms with E-state index in [0.29, 0.717) is 18.5 Å². The minimum Gasteiger partial charge on any atom is -0.480 e. The van der Waals surface area contributed by atoms with E-state index in [2.05, 4.69) is 20.6 Å². The summed E-state index contributed by atoms with van der Waals surface area (Å²) >= 11 is 0. The molecular weight excluding hydrogens is 346 g/mol. The van der Waals surface area contributed by atoms with Crippen LogP contribution in [0.5, 0.6) is 0 Å². The smallest absolute Gasteiger partial charge is 0.329 e. The lowest BCUT2D eigenvalue weighted by molar-refractivity contribution is -0.144. The molecule has 27 heavy (non-hydrogen) atoms. The van der Waals surface area contributed by atoms with Crippen LogP contribution in [-0.2, 0) is 4.79 Å². The SMILES string of the molecule is Cc1c(C(=O)NC2(C(=O)O)CCCC2)nnn1-c1ccc2ncccc2c1. The van der Waals surface area contributed by atoms with Crippen LogP contribution < -0.4 is 5.32 Å². The largest absolute Gasteiger partial charge is 0.480 e. The molecule has 0 radical (unpaired) electrons. The predicted octanol–water partition coefficient (Wildman–Crippen LogP) is 2.25. The molecule has 8 heteroatoms. The van der Waals surface area contributed by atoms with Gasteiger partial charge in [0.1, 0.15) is 5.54 Å². The van der Waals surface area contributed by atoms with Gasteiger partial charge in [-0.25, -0.2) is 9.48 Å². The molecule has 1 saturated carbocycles. The van der Waals surface area contributed by atoms with Crippen LogP contribution in [0.25, 0.3) is 16.6 Å². The lowest BCUT2D eigenvalue weighted by Crippen LogP contribution is -2.52. The molecule has 1 fully saturated rings. The van der Waals surface area contributed by atoms with Gasteiger partial charge >= 0.3 is 5.97 Å². The number of pyridine rings is 1. The summed E-state index contributed by atoms with van der Waals surface area (Å²) in [6.45, 7) is 1.74. The normalized spacial score (nSPS) is 15.7. The third-order valence-corrected chi connectivity index (χ3v) is 5.16. The molecule has 138 valence electrons. The Morgan fingerprint density at radius 3 is 2.74 bits per heavy atom. The second-order valence-electron chi connectivity index (χ2n) is 6.86. The summed E-state index contributed by atoms with van der Waals surface area (Å²) in [5, 5.41) is 21.3. The van der Waals surface area contributed by atoms with Crippen molar-refractivity contribution in [3.63, 3.8) is 0 Å². The van der Waals surface area contributed by atoms with Crippen molar-refractivity contribution in [2.75, 3.05) is 0 Å². The van der Waals surface area contributed by atoms with E-state index in [4.69, 9.17) is 0 Å². The summed E-state index contributed by atoms with van der Waals surface area (Å²) in [6.07, 6.45) is 4.15. The Hall–Kier alpha value is -3.29. The molecule has 4 rings (SSSR count). The quantitative estimate of drug-likeness (QED) is 0.734. The number of aromatic nitrogens is 4. The van der Waals surface area contributed by atoms with E-state index >= 15 is 0 Å². The molecule has 0 bridgehead atoms. The van der Waals surface area contributed by atoms with Gasteiger partial charge in [-0.3, -0.25) is 9.78 Å². The molecule has 2 N–H and O–H groups in total. The number of nitrogens with zero attached hydrogens (tertiary/aromatic N) is 4. The number of carbonyl (C=O) groups excluding carboxylic acids is 1. The van der Waals surface area contributed by atoms with E-state index in [0.717, 1.165) is 29.4 Å².